The van der Waals surface area contributed by atoms with Gasteiger partial charge in [-0.2, -0.15) is 13.2 Å². The Morgan fingerprint density at radius 1 is 1.00 bits per heavy atom. The zero-order chi connectivity index (χ0) is 19.0. The molecule has 2 heterocycles. The van der Waals surface area contributed by atoms with Crippen LogP contribution >= 0.6 is 15.9 Å². The number of aromatic nitrogens is 1. The fourth-order valence-electron chi connectivity index (χ4n) is 3.01. The van der Waals surface area contributed by atoms with E-state index < -0.39 is 11.7 Å². The average molecular weight is 432 g/mol. The van der Waals surface area contributed by atoms with E-state index >= 15 is 0 Å². The zero-order valence-corrected chi connectivity index (χ0v) is 15.5. The van der Waals surface area contributed by atoms with E-state index in [1.165, 1.54) is 12.1 Å². The SMILES string of the molecule is FC(F)(F)c1ccc(N2CN=CC(Br)=C2c2ccc3cccnc3c2)cc1. The number of benzene rings is 2. The lowest BCUT2D eigenvalue weighted by molar-refractivity contribution is -0.137. The Kier molecular flexibility index (Phi) is 4.47. The van der Waals surface area contributed by atoms with Crippen LogP contribution in [0.1, 0.15) is 11.1 Å². The van der Waals surface area contributed by atoms with Crippen molar-refractivity contribution in [2.24, 2.45) is 4.99 Å². The fourth-order valence-corrected chi connectivity index (χ4v) is 3.60. The third kappa shape index (κ3) is 3.47. The molecule has 0 N–H and O–H groups in total. The second kappa shape index (κ2) is 6.81. The minimum absolute atomic E-state index is 0.316. The first-order valence-corrected chi connectivity index (χ1v) is 8.92. The summed E-state index contributed by atoms with van der Waals surface area (Å²) in [6.45, 7) is 0.316. The van der Waals surface area contributed by atoms with Gasteiger partial charge in [-0.15, -0.1) is 0 Å². The van der Waals surface area contributed by atoms with Gasteiger partial charge in [0, 0.05) is 29.0 Å². The molecular weight excluding hydrogens is 419 g/mol. The van der Waals surface area contributed by atoms with E-state index in [1.807, 2.05) is 35.2 Å². The first kappa shape index (κ1) is 17.7. The number of anilines is 1. The molecule has 0 saturated heterocycles. The highest BCUT2D eigenvalue weighted by molar-refractivity contribution is 9.12. The number of hydrogen-bond acceptors (Lipinski definition) is 3. The summed E-state index contributed by atoms with van der Waals surface area (Å²) in [5.41, 5.74) is 2.54. The van der Waals surface area contributed by atoms with Crippen molar-refractivity contribution in [1.82, 2.24) is 4.98 Å². The second-order valence-corrected chi connectivity index (χ2v) is 6.89. The fraction of sp³-hybridized carbons (Fsp3) is 0.100. The van der Waals surface area contributed by atoms with Crippen LogP contribution in [0.5, 0.6) is 0 Å². The van der Waals surface area contributed by atoms with Crippen molar-refractivity contribution < 1.29 is 13.2 Å². The Labute approximate surface area is 162 Å². The molecule has 0 radical (unpaired) electrons. The maximum absolute atomic E-state index is 12.9. The smallest absolute Gasteiger partial charge is 0.320 e. The number of rotatable bonds is 2. The standard InChI is InChI=1S/C20H13BrF3N3/c21-17-11-25-12-27(16-7-5-15(6-8-16)20(22,23)24)19(17)14-4-3-13-2-1-9-26-18(13)10-14/h1-11H,12H2. The van der Waals surface area contributed by atoms with Crippen molar-refractivity contribution in [2.75, 3.05) is 11.6 Å². The number of nitrogens with zero attached hydrogens (tertiary/aromatic N) is 3. The number of alkyl halides is 3. The van der Waals surface area contributed by atoms with Crippen molar-refractivity contribution in [3.8, 4) is 0 Å². The van der Waals surface area contributed by atoms with Gasteiger partial charge in [-0.1, -0.05) is 18.2 Å². The predicted octanol–water partition coefficient (Wildman–Crippen LogP) is 5.87. The number of allylic oxidation sites excluding steroid dienone is 1. The highest BCUT2D eigenvalue weighted by Crippen LogP contribution is 2.36. The van der Waals surface area contributed by atoms with E-state index in [0.29, 0.717) is 12.4 Å². The van der Waals surface area contributed by atoms with Crippen LogP contribution in [0.4, 0.5) is 18.9 Å². The lowest BCUT2D eigenvalue weighted by atomic mass is 10.1. The Hall–Kier alpha value is -2.67. The van der Waals surface area contributed by atoms with Gasteiger partial charge in [0.25, 0.3) is 0 Å². The summed E-state index contributed by atoms with van der Waals surface area (Å²) in [5.74, 6) is 0. The minimum atomic E-state index is -4.36. The molecule has 0 bridgehead atoms. The molecule has 3 nitrogen and oxygen atoms in total. The van der Waals surface area contributed by atoms with Gasteiger partial charge in [0.15, 0.2) is 0 Å². The van der Waals surface area contributed by atoms with Crippen molar-refractivity contribution in [2.45, 2.75) is 6.18 Å². The van der Waals surface area contributed by atoms with Gasteiger partial charge >= 0.3 is 6.18 Å². The molecule has 2 aromatic carbocycles. The van der Waals surface area contributed by atoms with Crippen LogP contribution in [0.15, 0.2) is 70.3 Å². The van der Waals surface area contributed by atoms with E-state index in [9.17, 15) is 13.2 Å². The maximum atomic E-state index is 12.9. The molecule has 3 aromatic rings. The second-order valence-electron chi connectivity index (χ2n) is 6.03. The van der Waals surface area contributed by atoms with E-state index in [4.69, 9.17) is 0 Å². The van der Waals surface area contributed by atoms with Crippen LogP contribution < -0.4 is 4.90 Å². The van der Waals surface area contributed by atoms with Crippen LogP contribution in [0.25, 0.3) is 16.6 Å². The molecule has 1 aliphatic heterocycles. The first-order valence-electron chi connectivity index (χ1n) is 8.13. The Balaban J connectivity index is 1.77. The molecule has 0 atom stereocenters. The topological polar surface area (TPSA) is 28.5 Å². The summed E-state index contributed by atoms with van der Waals surface area (Å²) in [6, 6.07) is 14.8. The molecule has 0 aliphatic carbocycles. The quantitative estimate of drug-likeness (QED) is 0.507. The molecule has 136 valence electrons. The highest BCUT2D eigenvalue weighted by atomic mass is 79.9. The Bertz CT molecular complexity index is 1060. The van der Waals surface area contributed by atoms with Crippen molar-refractivity contribution >= 4 is 44.4 Å². The van der Waals surface area contributed by atoms with Gasteiger partial charge in [-0.05, 0) is 52.3 Å². The van der Waals surface area contributed by atoms with Crippen LogP contribution in [0, 0.1) is 0 Å². The third-order valence-electron chi connectivity index (χ3n) is 4.31. The van der Waals surface area contributed by atoms with Crippen LogP contribution in [-0.2, 0) is 6.18 Å². The van der Waals surface area contributed by atoms with E-state index in [-0.39, 0.29) is 0 Å². The summed E-state index contributed by atoms with van der Waals surface area (Å²) in [7, 11) is 0. The van der Waals surface area contributed by atoms with Crippen LogP contribution in [0.3, 0.4) is 0 Å². The minimum Gasteiger partial charge on any atom is -0.320 e. The summed E-state index contributed by atoms with van der Waals surface area (Å²) in [4.78, 5) is 10.5. The van der Waals surface area contributed by atoms with E-state index in [0.717, 1.165) is 38.8 Å². The molecule has 27 heavy (non-hydrogen) atoms. The molecule has 7 heteroatoms. The van der Waals surface area contributed by atoms with Gasteiger partial charge in [0.05, 0.1) is 21.3 Å². The normalized spacial score (nSPS) is 14.9. The molecular formula is C20H13BrF3N3. The molecule has 0 fully saturated rings. The van der Waals surface area contributed by atoms with Crippen molar-refractivity contribution in [3.63, 3.8) is 0 Å². The van der Waals surface area contributed by atoms with Crippen molar-refractivity contribution in [3.05, 3.63) is 76.4 Å². The summed E-state index contributed by atoms with van der Waals surface area (Å²) in [5, 5.41) is 1.02. The van der Waals surface area contributed by atoms with Crippen LogP contribution in [-0.4, -0.2) is 17.9 Å². The molecule has 1 aromatic heterocycles. The number of aliphatic imine (C=N–C) groups is 1. The number of fused-ring (bicyclic) bond motifs is 1. The predicted molar refractivity (Wildman–Crippen MR) is 105 cm³/mol. The molecule has 0 unspecified atom stereocenters. The first-order chi connectivity index (χ1) is 12.9. The summed E-state index contributed by atoms with van der Waals surface area (Å²) in [6.07, 6.45) is -0.925. The summed E-state index contributed by atoms with van der Waals surface area (Å²) >= 11 is 3.53. The lowest BCUT2D eigenvalue weighted by Crippen LogP contribution is -2.25. The summed E-state index contributed by atoms with van der Waals surface area (Å²) < 4.78 is 39.3. The van der Waals surface area contributed by atoms with Gasteiger partial charge in [-0.25, -0.2) is 0 Å². The lowest BCUT2D eigenvalue weighted by Gasteiger charge is -2.29. The number of pyridine rings is 1. The molecule has 0 amide bonds. The largest absolute Gasteiger partial charge is 0.416 e. The van der Waals surface area contributed by atoms with E-state index in [2.05, 4.69) is 25.9 Å². The molecule has 0 saturated carbocycles. The van der Waals surface area contributed by atoms with Gasteiger partial charge < -0.3 is 4.90 Å². The van der Waals surface area contributed by atoms with Gasteiger partial charge in [-0.3, -0.25) is 9.98 Å². The molecule has 4 rings (SSSR count). The highest BCUT2D eigenvalue weighted by Gasteiger charge is 2.30. The van der Waals surface area contributed by atoms with Gasteiger partial charge in [0.2, 0.25) is 0 Å². The van der Waals surface area contributed by atoms with E-state index in [1.54, 1.807) is 12.4 Å². The van der Waals surface area contributed by atoms with Crippen LogP contribution in [0.2, 0.25) is 0 Å². The third-order valence-corrected chi connectivity index (χ3v) is 4.89. The van der Waals surface area contributed by atoms with Crippen molar-refractivity contribution in [1.29, 1.82) is 0 Å². The monoisotopic (exact) mass is 431 g/mol. The Morgan fingerprint density at radius 3 is 2.52 bits per heavy atom. The number of halogens is 4. The maximum Gasteiger partial charge on any atom is 0.416 e. The zero-order valence-electron chi connectivity index (χ0n) is 13.9. The molecule has 1 aliphatic rings. The molecule has 0 spiro atoms. The van der Waals surface area contributed by atoms with Gasteiger partial charge in [0.1, 0.15) is 6.67 Å². The Morgan fingerprint density at radius 2 is 1.78 bits per heavy atom. The average Bonchev–Trinajstić information content (AvgIpc) is 2.67. The number of hydrogen-bond donors (Lipinski definition) is 0.